The van der Waals surface area contributed by atoms with Crippen molar-refractivity contribution in [2.45, 2.75) is 26.8 Å². The van der Waals surface area contributed by atoms with E-state index in [1.54, 1.807) is 0 Å². The fraction of sp³-hybridized carbons (Fsp3) is 0.647. The predicted octanol–water partition coefficient (Wildman–Crippen LogP) is 3.75. The Morgan fingerprint density at radius 1 is 1.14 bits per heavy atom. The summed E-state index contributed by atoms with van der Waals surface area (Å²) in [6, 6.07) is 6.96. The van der Waals surface area contributed by atoms with E-state index in [9.17, 15) is 0 Å². The van der Waals surface area contributed by atoms with Gasteiger partial charge in [-0.15, -0.1) is 0 Å². The molecule has 120 valence electrons. The molecule has 0 bridgehead atoms. The molecule has 0 spiro atoms. The minimum atomic E-state index is 0.339. The molecule has 0 amide bonds. The van der Waals surface area contributed by atoms with Crippen molar-refractivity contribution in [3.05, 3.63) is 28.2 Å². The van der Waals surface area contributed by atoms with E-state index in [2.05, 4.69) is 84.1 Å². The van der Waals surface area contributed by atoms with Crippen LogP contribution < -0.4 is 10.2 Å². The van der Waals surface area contributed by atoms with Crippen LogP contribution in [0.3, 0.4) is 0 Å². The maximum atomic E-state index is 3.60. The normalized spacial score (nSPS) is 13.0. The van der Waals surface area contributed by atoms with Crippen LogP contribution in [0.25, 0.3) is 0 Å². The molecular weight excluding hydrogens is 326 g/mol. The van der Waals surface area contributed by atoms with Gasteiger partial charge in [-0.2, -0.15) is 0 Å². The van der Waals surface area contributed by atoms with Gasteiger partial charge in [-0.05, 0) is 57.7 Å². The van der Waals surface area contributed by atoms with Crippen LogP contribution in [0.5, 0.6) is 0 Å². The largest absolute Gasteiger partial charge is 0.370 e. The van der Waals surface area contributed by atoms with Crippen molar-refractivity contribution < 1.29 is 0 Å². The second kappa shape index (κ2) is 8.76. The number of likely N-dealkylation sites (N-methyl/N-ethyl adjacent to an activating group) is 1. The Bertz CT molecular complexity index is 432. The lowest BCUT2D eigenvalue weighted by Gasteiger charge is -2.31. The maximum absolute atomic E-state index is 3.60. The summed E-state index contributed by atoms with van der Waals surface area (Å²) in [5.41, 5.74) is 2.70. The molecule has 1 unspecified atom stereocenters. The number of rotatable bonds is 8. The van der Waals surface area contributed by atoms with E-state index in [1.165, 1.54) is 11.3 Å². The van der Waals surface area contributed by atoms with Gasteiger partial charge in [-0.1, -0.05) is 29.8 Å². The number of nitrogens with one attached hydrogen (secondary N) is 1. The standard InChI is InChI=1S/C17H30BrN3/c1-13(2)12-21(10-9-20(5)6)17-8-7-15(18)11-16(17)14(3)19-4/h7-8,11,13-14,19H,9-10,12H2,1-6H3. The van der Waals surface area contributed by atoms with Crippen LogP contribution in [0.2, 0.25) is 0 Å². The van der Waals surface area contributed by atoms with E-state index in [0.29, 0.717) is 12.0 Å². The highest BCUT2D eigenvalue weighted by Crippen LogP contribution is 2.30. The average molecular weight is 356 g/mol. The van der Waals surface area contributed by atoms with Crippen molar-refractivity contribution in [3.8, 4) is 0 Å². The first kappa shape index (κ1) is 18.5. The second-order valence-electron chi connectivity index (χ2n) is 6.36. The van der Waals surface area contributed by atoms with E-state index >= 15 is 0 Å². The molecule has 0 aliphatic carbocycles. The minimum absolute atomic E-state index is 0.339. The summed E-state index contributed by atoms with van der Waals surface area (Å²) in [6.45, 7) is 9.97. The topological polar surface area (TPSA) is 18.5 Å². The number of benzene rings is 1. The monoisotopic (exact) mass is 355 g/mol. The van der Waals surface area contributed by atoms with E-state index in [4.69, 9.17) is 0 Å². The lowest BCUT2D eigenvalue weighted by Crippen LogP contribution is -2.35. The third-order valence-corrected chi connectivity index (χ3v) is 4.13. The van der Waals surface area contributed by atoms with Gasteiger partial charge < -0.3 is 15.1 Å². The lowest BCUT2D eigenvalue weighted by molar-refractivity contribution is 0.408. The Kier molecular flexibility index (Phi) is 7.71. The molecule has 1 aromatic carbocycles. The highest BCUT2D eigenvalue weighted by Gasteiger charge is 2.16. The summed E-state index contributed by atoms with van der Waals surface area (Å²) in [4.78, 5) is 4.76. The first-order valence-corrected chi connectivity index (χ1v) is 8.50. The highest BCUT2D eigenvalue weighted by atomic mass is 79.9. The molecule has 0 fully saturated rings. The Hall–Kier alpha value is -0.580. The SMILES string of the molecule is CNC(C)c1cc(Br)ccc1N(CCN(C)C)CC(C)C. The van der Waals surface area contributed by atoms with E-state index in [0.717, 1.165) is 24.1 Å². The molecule has 0 radical (unpaired) electrons. The fourth-order valence-corrected chi connectivity index (χ4v) is 2.77. The van der Waals surface area contributed by atoms with Crippen LogP contribution in [0.4, 0.5) is 5.69 Å². The molecule has 1 aromatic rings. The minimum Gasteiger partial charge on any atom is -0.370 e. The first-order chi connectivity index (χ1) is 9.85. The summed E-state index contributed by atoms with van der Waals surface area (Å²) < 4.78 is 1.14. The Balaban J connectivity index is 3.09. The number of anilines is 1. The number of halogens is 1. The van der Waals surface area contributed by atoms with Gasteiger partial charge in [0.15, 0.2) is 0 Å². The molecule has 3 nitrogen and oxygen atoms in total. The van der Waals surface area contributed by atoms with Gasteiger partial charge in [-0.25, -0.2) is 0 Å². The smallest absolute Gasteiger partial charge is 0.0415 e. The molecule has 0 saturated heterocycles. The van der Waals surface area contributed by atoms with Gasteiger partial charge >= 0.3 is 0 Å². The van der Waals surface area contributed by atoms with Gasteiger partial charge in [-0.3, -0.25) is 0 Å². The zero-order valence-corrected chi connectivity index (χ0v) is 15.9. The summed E-state index contributed by atoms with van der Waals surface area (Å²) in [7, 11) is 6.28. The molecule has 1 atom stereocenters. The van der Waals surface area contributed by atoms with Crippen molar-refractivity contribution in [2.75, 3.05) is 45.7 Å². The zero-order chi connectivity index (χ0) is 16.0. The Morgan fingerprint density at radius 3 is 2.33 bits per heavy atom. The van der Waals surface area contributed by atoms with Gasteiger partial charge in [0.05, 0.1) is 0 Å². The molecule has 4 heteroatoms. The van der Waals surface area contributed by atoms with Crippen molar-refractivity contribution in [3.63, 3.8) is 0 Å². The Labute approximate surface area is 138 Å². The van der Waals surface area contributed by atoms with Gasteiger partial charge in [0.1, 0.15) is 0 Å². The molecule has 0 saturated carbocycles. The molecule has 0 aromatic heterocycles. The number of nitrogens with zero attached hydrogens (tertiary/aromatic N) is 2. The first-order valence-electron chi connectivity index (χ1n) is 7.71. The van der Waals surface area contributed by atoms with Gasteiger partial charge in [0.2, 0.25) is 0 Å². The summed E-state index contributed by atoms with van der Waals surface area (Å²) in [5, 5.41) is 3.36. The van der Waals surface area contributed by atoms with E-state index in [1.807, 2.05) is 7.05 Å². The predicted molar refractivity (Wildman–Crippen MR) is 97.2 cm³/mol. The second-order valence-corrected chi connectivity index (χ2v) is 7.27. The number of hydrogen-bond acceptors (Lipinski definition) is 3. The van der Waals surface area contributed by atoms with E-state index < -0.39 is 0 Å². The van der Waals surface area contributed by atoms with Crippen LogP contribution in [-0.4, -0.2) is 45.7 Å². The van der Waals surface area contributed by atoms with Crippen molar-refractivity contribution in [1.29, 1.82) is 0 Å². The van der Waals surface area contributed by atoms with Crippen LogP contribution in [0, 0.1) is 5.92 Å². The number of hydrogen-bond donors (Lipinski definition) is 1. The van der Waals surface area contributed by atoms with Gasteiger partial charge in [0, 0.05) is 35.8 Å². The van der Waals surface area contributed by atoms with Crippen LogP contribution >= 0.6 is 15.9 Å². The van der Waals surface area contributed by atoms with Gasteiger partial charge in [0.25, 0.3) is 0 Å². The van der Waals surface area contributed by atoms with Crippen molar-refractivity contribution in [2.24, 2.45) is 5.92 Å². The van der Waals surface area contributed by atoms with E-state index in [-0.39, 0.29) is 0 Å². The zero-order valence-electron chi connectivity index (χ0n) is 14.3. The quantitative estimate of drug-likeness (QED) is 0.765. The molecule has 0 heterocycles. The molecule has 0 aliphatic rings. The van der Waals surface area contributed by atoms with Crippen molar-refractivity contribution in [1.82, 2.24) is 10.2 Å². The highest BCUT2D eigenvalue weighted by molar-refractivity contribution is 9.10. The third-order valence-electron chi connectivity index (χ3n) is 3.63. The van der Waals surface area contributed by atoms with Crippen LogP contribution in [0.15, 0.2) is 22.7 Å². The lowest BCUT2D eigenvalue weighted by atomic mass is 10.0. The Morgan fingerprint density at radius 2 is 1.81 bits per heavy atom. The summed E-state index contributed by atoms with van der Waals surface area (Å²) >= 11 is 3.60. The van der Waals surface area contributed by atoms with Crippen molar-refractivity contribution >= 4 is 21.6 Å². The fourth-order valence-electron chi connectivity index (χ4n) is 2.39. The average Bonchev–Trinajstić information content (AvgIpc) is 2.42. The molecule has 21 heavy (non-hydrogen) atoms. The van der Waals surface area contributed by atoms with Crippen LogP contribution in [-0.2, 0) is 0 Å². The summed E-state index contributed by atoms with van der Waals surface area (Å²) in [5.74, 6) is 0.647. The molecular formula is C17H30BrN3. The molecule has 1 rings (SSSR count). The molecule has 0 aliphatic heterocycles. The third kappa shape index (κ3) is 5.97. The molecule has 1 N–H and O–H groups in total. The summed E-state index contributed by atoms with van der Waals surface area (Å²) in [6.07, 6.45) is 0. The van der Waals surface area contributed by atoms with Crippen LogP contribution in [0.1, 0.15) is 32.4 Å². The maximum Gasteiger partial charge on any atom is 0.0415 e.